The molecule has 0 spiro atoms. The SMILES string of the molecule is O=P(O)(O)C(Br)(Br)C1(C(Br)(Br)c2c(Br)c(Br)c(Br)c(Br)c2Br)C(Br)=C(Br)C(Br)=C(Br)C1(Br)C(Br)(Br)c1c(Br)c(Br)c(Br)c(Br)c1Br. The van der Waals surface area contributed by atoms with Crippen LogP contribution in [0.4, 0.5) is 0 Å². The van der Waals surface area contributed by atoms with Crippen LogP contribution in [0.1, 0.15) is 11.1 Å². The van der Waals surface area contributed by atoms with E-state index < -0.39 is 26.8 Å². The lowest BCUT2D eigenvalue weighted by molar-refractivity contribution is 0.252. The lowest BCUT2D eigenvalue weighted by Crippen LogP contribution is -2.67. The topological polar surface area (TPSA) is 57.5 Å². The molecule has 1 aliphatic carbocycles. The highest BCUT2D eigenvalue weighted by Crippen LogP contribution is 2.87. The number of hydrogen-bond donors (Lipinski definition) is 2. The molecule has 25 heteroatoms. The first-order chi connectivity index (χ1) is 20.5. The van der Waals surface area contributed by atoms with Crippen molar-refractivity contribution in [2.45, 2.75) is 13.8 Å². The van der Waals surface area contributed by atoms with Crippen molar-refractivity contribution in [2.24, 2.45) is 5.41 Å². The van der Waals surface area contributed by atoms with Gasteiger partial charge in [0.1, 0.15) is 10.8 Å². The highest BCUT2D eigenvalue weighted by atomic mass is 79.9. The molecule has 1 aliphatic rings. The van der Waals surface area contributed by atoms with E-state index in [1.54, 1.807) is 0 Å². The van der Waals surface area contributed by atoms with Gasteiger partial charge in [-0.2, -0.15) is 0 Å². The minimum Gasteiger partial charge on any atom is -0.323 e. The normalized spacial score (nSPS) is 21.9. The third-order valence-electron chi connectivity index (χ3n) is 6.49. The summed E-state index contributed by atoms with van der Waals surface area (Å²) in [5.74, 6) is 0. The summed E-state index contributed by atoms with van der Waals surface area (Å²) in [5, 5.41) is 0. The standard InChI is InChI=1S/C21H2Br21O3P/c22-3-1(4(23)8(27)11(30)7(3)26)19(37,38)17(21(41,42)46(43,44)45)15(34)13(32)14(33)16(35)18(17,36)20(39,40)2-5(24)9(28)12(31)10(29)6(2)25/h(H2,43,44,45). The number of allylic oxidation sites excluding steroid dienone is 4. The zero-order valence-electron chi connectivity index (χ0n) is 20.2. The molecule has 46 heavy (non-hydrogen) atoms. The Hall–Kier alpha value is 8.15. The Balaban J connectivity index is 2.90. The lowest BCUT2D eigenvalue weighted by Gasteiger charge is -2.64. The van der Waals surface area contributed by atoms with Gasteiger partial charge in [-0.25, -0.2) is 0 Å². The summed E-state index contributed by atoms with van der Waals surface area (Å²) < 4.78 is 14.7. The van der Waals surface area contributed by atoms with Crippen molar-refractivity contribution in [2.75, 3.05) is 0 Å². The van der Waals surface area contributed by atoms with Crippen molar-refractivity contribution in [1.82, 2.24) is 0 Å². The Kier molecular flexibility index (Phi) is 18.0. The summed E-state index contributed by atoms with van der Waals surface area (Å²) in [7, 11) is -5.24. The molecule has 0 aliphatic heterocycles. The molecule has 2 aromatic rings. The second-order valence-electron chi connectivity index (χ2n) is 8.79. The quantitative estimate of drug-likeness (QED) is 0.131. The molecule has 0 saturated heterocycles. The summed E-state index contributed by atoms with van der Waals surface area (Å²) >= 11 is 79.2. The van der Waals surface area contributed by atoms with E-state index in [1.165, 1.54) is 0 Å². The molecule has 0 radical (unpaired) electrons. The molecule has 3 rings (SSSR count). The van der Waals surface area contributed by atoms with Gasteiger partial charge in [0.05, 0.1) is 5.41 Å². The average Bonchev–Trinajstić information content (AvgIpc) is 2.94. The molecular weight excluding hydrogens is 2010 g/mol. The minimum atomic E-state index is -5.24. The van der Waals surface area contributed by atoms with E-state index in [2.05, 4.69) is 335 Å². The Morgan fingerprint density at radius 3 is 1.02 bits per heavy atom. The van der Waals surface area contributed by atoms with E-state index in [0.717, 1.165) is 0 Å². The van der Waals surface area contributed by atoms with Crippen LogP contribution in [-0.2, 0) is 11.0 Å². The molecule has 2 N–H and O–H groups in total. The molecule has 3 nitrogen and oxygen atoms in total. The largest absolute Gasteiger partial charge is 0.353 e. The third-order valence-corrected chi connectivity index (χ3v) is 36.0. The number of benzene rings is 2. The zero-order chi connectivity index (χ0) is 36.2. The summed E-state index contributed by atoms with van der Waals surface area (Å²) in [6.45, 7) is 0. The summed E-state index contributed by atoms with van der Waals surface area (Å²) in [6.07, 6.45) is 0. The second-order valence-corrected chi connectivity index (χ2v) is 34.4. The Morgan fingerprint density at radius 2 is 0.717 bits per heavy atom. The van der Waals surface area contributed by atoms with Gasteiger partial charge in [-0.15, -0.1) is 0 Å². The van der Waals surface area contributed by atoms with Gasteiger partial charge in [0, 0.05) is 73.8 Å². The Morgan fingerprint density at radius 1 is 0.457 bits per heavy atom. The maximum atomic E-state index is 14.0. The highest BCUT2D eigenvalue weighted by molar-refractivity contribution is 9.28. The van der Waals surface area contributed by atoms with Crippen LogP contribution in [0.15, 0.2) is 62.7 Å². The first kappa shape index (κ1) is 48.5. The number of hydrogen-bond acceptors (Lipinski definition) is 1. The summed E-state index contributed by atoms with van der Waals surface area (Å²) in [6, 6.07) is 0. The van der Waals surface area contributed by atoms with Gasteiger partial charge in [-0.3, -0.25) is 4.57 Å². The number of halogens is 21. The zero-order valence-corrected chi connectivity index (χ0v) is 54.4. The van der Waals surface area contributed by atoms with E-state index in [4.69, 9.17) is 0 Å². The van der Waals surface area contributed by atoms with Crippen LogP contribution >= 0.6 is 342 Å². The number of alkyl halides is 7. The molecule has 0 fully saturated rings. The fraction of sp³-hybridized carbons (Fsp3) is 0.238. The van der Waals surface area contributed by atoms with Crippen LogP contribution in [0.2, 0.25) is 0 Å². The smallest absolute Gasteiger partial charge is 0.323 e. The summed E-state index contributed by atoms with van der Waals surface area (Å²) in [5.41, 5.74) is -0.895. The van der Waals surface area contributed by atoms with Crippen molar-refractivity contribution in [3.8, 4) is 0 Å². The third kappa shape index (κ3) is 7.25. The highest BCUT2D eigenvalue weighted by Gasteiger charge is 2.83. The summed E-state index contributed by atoms with van der Waals surface area (Å²) in [4.78, 5) is 22.7. The van der Waals surface area contributed by atoms with Crippen molar-refractivity contribution in [1.29, 1.82) is 0 Å². The minimum absolute atomic E-state index is 0.289. The Labute approximate surface area is 440 Å². The number of rotatable bonds is 6. The predicted molar refractivity (Wildman–Crippen MR) is 265 cm³/mol. The van der Waals surface area contributed by atoms with Crippen molar-refractivity contribution < 1.29 is 14.4 Å². The van der Waals surface area contributed by atoms with Crippen LogP contribution in [0.25, 0.3) is 0 Å². The monoisotopic (exact) mass is 1990 g/mol. The molecule has 0 aromatic heterocycles. The van der Waals surface area contributed by atoms with E-state index in [-0.39, 0.29) is 4.48 Å². The molecule has 0 heterocycles. The first-order valence-electron chi connectivity index (χ1n) is 10.5. The predicted octanol–water partition coefficient (Wildman–Crippen LogP) is 19.7. The van der Waals surface area contributed by atoms with Gasteiger partial charge in [-0.05, 0) is 191 Å². The van der Waals surface area contributed by atoms with Crippen LogP contribution < -0.4 is 0 Å². The molecule has 2 unspecified atom stereocenters. The maximum absolute atomic E-state index is 14.0. The Bertz CT molecular complexity index is 1740. The van der Waals surface area contributed by atoms with E-state index in [9.17, 15) is 14.4 Å². The van der Waals surface area contributed by atoms with E-state index in [0.29, 0.717) is 69.3 Å². The van der Waals surface area contributed by atoms with Gasteiger partial charge in [0.2, 0.25) is 0 Å². The molecule has 0 amide bonds. The van der Waals surface area contributed by atoms with Gasteiger partial charge in [0.15, 0.2) is 2.97 Å². The molecule has 0 bridgehead atoms. The van der Waals surface area contributed by atoms with Crippen LogP contribution in [0, 0.1) is 5.41 Å². The van der Waals surface area contributed by atoms with E-state index >= 15 is 0 Å². The van der Waals surface area contributed by atoms with Gasteiger partial charge in [0.25, 0.3) is 0 Å². The second kappa shape index (κ2) is 17.0. The van der Waals surface area contributed by atoms with E-state index in [1.807, 2.05) is 0 Å². The average molecular weight is 2010 g/mol. The molecule has 2 atom stereocenters. The van der Waals surface area contributed by atoms with Crippen LogP contribution in [0.5, 0.6) is 0 Å². The van der Waals surface area contributed by atoms with Crippen molar-refractivity contribution in [3.63, 3.8) is 0 Å². The lowest BCUT2D eigenvalue weighted by atomic mass is 9.67. The maximum Gasteiger partial charge on any atom is 0.353 e. The molecule has 256 valence electrons. The van der Waals surface area contributed by atoms with Crippen molar-refractivity contribution >= 4 is 342 Å². The molecule has 2 aromatic carbocycles. The van der Waals surface area contributed by atoms with Gasteiger partial charge < -0.3 is 9.79 Å². The fourth-order valence-corrected chi connectivity index (χ4v) is 29.9. The van der Waals surface area contributed by atoms with Crippen molar-refractivity contribution in [3.05, 3.63) is 73.8 Å². The van der Waals surface area contributed by atoms with Crippen LogP contribution in [0.3, 0.4) is 0 Å². The molecule has 0 saturated carbocycles. The molecular formula is C21H2Br21O3P. The van der Waals surface area contributed by atoms with Crippen LogP contribution in [-0.4, -0.2) is 17.1 Å². The van der Waals surface area contributed by atoms with Gasteiger partial charge >= 0.3 is 7.60 Å². The fourth-order valence-electron chi connectivity index (χ4n) is 4.42. The first-order valence-corrected chi connectivity index (χ1v) is 28.8. The van der Waals surface area contributed by atoms with Gasteiger partial charge in [-0.1, -0.05) is 143 Å².